The molecule has 0 saturated carbocycles. The highest BCUT2D eigenvalue weighted by atomic mass is 79.9. The fourth-order valence-electron chi connectivity index (χ4n) is 1.16. The maximum Gasteiger partial charge on any atom is 0.266 e. The highest BCUT2D eigenvalue weighted by molar-refractivity contribution is 9.10. The van der Waals surface area contributed by atoms with E-state index in [1.54, 1.807) is 6.20 Å². The van der Waals surface area contributed by atoms with Gasteiger partial charge in [-0.05, 0) is 28.9 Å². The molecule has 0 atom stereocenters. The summed E-state index contributed by atoms with van der Waals surface area (Å²) in [6, 6.07) is 1.39. The van der Waals surface area contributed by atoms with Crippen LogP contribution in [0.5, 0.6) is 0 Å². The second kappa shape index (κ2) is 5.12. The smallest absolute Gasteiger partial charge is 0.255 e. The van der Waals surface area contributed by atoms with Crippen molar-refractivity contribution in [2.24, 2.45) is 0 Å². The van der Waals surface area contributed by atoms with Gasteiger partial charge in [-0.3, -0.25) is 4.72 Å². The summed E-state index contributed by atoms with van der Waals surface area (Å²) in [4.78, 5) is 8.52. The molecular weight excluding hydrogens is 362 g/mol. The molecule has 0 aliphatic rings. The Morgan fingerprint density at radius 3 is 2.72 bits per heavy atom. The predicted molar refractivity (Wildman–Crippen MR) is 74.6 cm³/mol. The van der Waals surface area contributed by atoms with Crippen molar-refractivity contribution >= 4 is 54.0 Å². The minimum Gasteiger partial charge on any atom is -0.255 e. The summed E-state index contributed by atoms with van der Waals surface area (Å²) in [5.74, 6) is 0. The van der Waals surface area contributed by atoms with Gasteiger partial charge in [0.15, 0.2) is 5.13 Å². The van der Waals surface area contributed by atoms with E-state index in [0.29, 0.717) is 9.60 Å². The molecule has 0 aliphatic carbocycles. The number of sulfonamides is 1. The van der Waals surface area contributed by atoms with E-state index in [1.165, 1.54) is 23.6 Å². The Kier molecular flexibility index (Phi) is 3.90. The number of halogens is 2. The van der Waals surface area contributed by atoms with Crippen LogP contribution in [0.2, 0.25) is 5.15 Å². The number of thiazole rings is 1. The zero-order chi connectivity index (χ0) is 13.3. The van der Waals surface area contributed by atoms with Crippen LogP contribution < -0.4 is 4.72 Å². The van der Waals surface area contributed by atoms with Gasteiger partial charge in [0.25, 0.3) is 10.0 Å². The third-order valence-corrected chi connectivity index (χ3v) is 5.06. The minimum atomic E-state index is -3.78. The average molecular weight is 369 g/mol. The highest BCUT2D eigenvalue weighted by Gasteiger charge is 2.20. The Labute approximate surface area is 121 Å². The molecule has 0 radical (unpaired) electrons. The molecule has 18 heavy (non-hydrogen) atoms. The molecule has 5 nitrogen and oxygen atoms in total. The standard InChI is InChI=1S/C9H7BrClN3O2S2/c1-5-3-13-9(17-5)14-18(15,16)7-2-6(10)4-12-8(7)11/h2-4H,1H3,(H,13,14). The Bertz CT molecular complexity index is 687. The molecule has 1 N–H and O–H groups in total. The van der Waals surface area contributed by atoms with Gasteiger partial charge in [0.05, 0.1) is 0 Å². The van der Waals surface area contributed by atoms with E-state index in [4.69, 9.17) is 11.6 Å². The molecule has 0 fully saturated rings. The van der Waals surface area contributed by atoms with Crippen LogP contribution in [0, 0.1) is 6.92 Å². The molecule has 0 bridgehead atoms. The van der Waals surface area contributed by atoms with Crippen LogP contribution in [0.4, 0.5) is 5.13 Å². The summed E-state index contributed by atoms with van der Waals surface area (Å²) >= 11 is 10.2. The zero-order valence-electron chi connectivity index (χ0n) is 9.02. The van der Waals surface area contributed by atoms with Crippen LogP contribution >= 0.6 is 38.9 Å². The number of hydrogen-bond acceptors (Lipinski definition) is 5. The molecule has 0 aliphatic heterocycles. The Hall–Kier alpha value is -0.700. The summed E-state index contributed by atoms with van der Waals surface area (Å²) in [6.45, 7) is 1.84. The summed E-state index contributed by atoms with van der Waals surface area (Å²) < 4.78 is 27.1. The van der Waals surface area contributed by atoms with Crippen molar-refractivity contribution in [2.75, 3.05) is 4.72 Å². The summed E-state index contributed by atoms with van der Waals surface area (Å²) in [7, 11) is -3.78. The second-order valence-corrected chi connectivity index (χ2v) is 7.48. The Morgan fingerprint density at radius 2 is 2.11 bits per heavy atom. The number of aryl methyl sites for hydroxylation is 1. The van der Waals surface area contributed by atoms with E-state index in [0.717, 1.165) is 4.88 Å². The van der Waals surface area contributed by atoms with Crippen LogP contribution in [-0.2, 0) is 10.0 Å². The van der Waals surface area contributed by atoms with Crippen LogP contribution in [0.3, 0.4) is 0 Å². The highest BCUT2D eigenvalue weighted by Crippen LogP contribution is 2.26. The lowest BCUT2D eigenvalue weighted by Crippen LogP contribution is -2.13. The number of pyridine rings is 1. The molecule has 2 aromatic rings. The monoisotopic (exact) mass is 367 g/mol. The molecule has 2 aromatic heterocycles. The van der Waals surface area contributed by atoms with E-state index in [9.17, 15) is 8.42 Å². The molecule has 0 aromatic carbocycles. The van der Waals surface area contributed by atoms with Gasteiger partial charge < -0.3 is 0 Å². The molecule has 2 heterocycles. The van der Waals surface area contributed by atoms with Crippen molar-refractivity contribution in [1.29, 1.82) is 0 Å². The lowest BCUT2D eigenvalue weighted by atomic mass is 10.5. The molecule has 0 saturated heterocycles. The lowest BCUT2D eigenvalue weighted by molar-refractivity contribution is 0.601. The van der Waals surface area contributed by atoms with E-state index in [2.05, 4.69) is 30.6 Å². The van der Waals surface area contributed by atoms with Gasteiger partial charge in [0, 0.05) is 21.7 Å². The van der Waals surface area contributed by atoms with Crippen LogP contribution in [-0.4, -0.2) is 18.4 Å². The molecular formula is C9H7BrClN3O2S2. The first-order chi connectivity index (χ1) is 8.38. The van der Waals surface area contributed by atoms with Crippen molar-refractivity contribution in [3.05, 3.63) is 33.0 Å². The second-order valence-electron chi connectivity index (χ2n) is 3.32. The van der Waals surface area contributed by atoms with Gasteiger partial charge in [0.1, 0.15) is 10.0 Å². The Balaban J connectivity index is 2.39. The fourth-order valence-corrected chi connectivity index (χ4v) is 4.02. The Morgan fingerprint density at radius 1 is 1.39 bits per heavy atom. The third kappa shape index (κ3) is 3.00. The summed E-state index contributed by atoms with van der Waals surface area (Å²) in [6.07, 6.45) is 3.01. The minimum absolute atomic E-state index is 0.0843. The summed E-state index contributed by atoms with van der Waals surface area (Å²) in [5, 5.41) is 0.211. The maximum atomic E-state index is 12.1. The van der Waals surface area contributed by atoms with Gasteiger partial charge in [-0.1, -0.05) is 11.6 Å². The summed E-state index contributed by atoms with van der Waals surface area (Å²) in [5.41, 5.74) is 0. The first-order valence-corrected chi connectivity index (χ1v) is 8.12. The third-order valence-electron chi connectivity index (χ3n) is 1.91. The zero-order valence-corrected chi connectivity index (χ0v) is 13.0. The molecule has 0 amide bonds. The first kappa shape index (κ1) is 13.7. The maximum absolute atomic E-state index is 12.1. The van der Waals surface area contributed by atoms with Crippen LogP contribution in [0.25, 0.3) is 0 Å². The quantitative estimate of drug-likeness (QED) is 0.845. The predicted octanol–water partition coefficient (Wildman–Crippen LogP) is 3.06. The molecule has 2 rings (SSSR count). The fraction of sp³-hybridized carbons (Fsp3) is 0.111. The largest absolute Gasteiger partial charge is 0.266 e. The number of hydrogen-bond donors (Lipinski definition) is 1. The van der Waals surface area contributed by atoms with Crippen molar-refractivity contribution in [2.45, 2.75) is 11.8 Å². The number of rotatable bonds is 3. The van der Waals surface area contributed by atoms with Crippen LogP contribution in [0.1, 0.15) is 4.88 Å². The van der Waals surface area contributed by atoms with Crippen molar-refractivity contribution in [3.63, 3.8) is 0 Å². The van der Waals surface area contributed by atoms with E-state index in [-0.39, 0.29) is 10.0 Å². The molecule has 0 unspecified atom stereocenters. The normalized spacial score (nSPS) is 11.5. The van der Waals surface area contributed by atoms with Crippen molar-refractivity contribution in [3.8, 4) is 0 Å². The van der Waals surface area contributed by atoms with Gasteiger partial charge in [-0.25, -0.2) is 18.4 Å². The van der Waals surface area contributed by atoms with Gasteiger partial charge in [0.2, 0.25) is 0 Å². The number of anilines is 1. The van der Waals surface area contributed by atoms with E-state index < -0.39 is 10.0 Å². The van der Waals surface area contributed by atoms with Gasteiger partial charge in [-0.15, -0.1) is 11.3 Å². The molecule has 96 valence electrons. The average Bonchev–Trinajstić information content (AvgIpc) is 2.66. The first-order valence-electron chi connectivity index (χ1n) is 4.65. The van der Waals surface area contributed by atoms with Crippen LogP contribution in [0.15, 0.2) is 27.8 Å². The molecule has 9 heteroatoms. The van der Waals surface area contributed by atoms with E-state index in [1.807, 2.05) is 6.92 Å². The van der Waals surface area contributed by atoms with Crippen molar-refractivity contribution in [1.82, 2.24) is 9.97 Å². The topological polar surface area (TPSA) is 72.0 Å². The molecule has 0 spiro atoms. The number of nitrogens with zero attached hydrogens (tertiary/aromatic N) is 2. The van der Waals surface area contributed by atoms with Crippen molar-refractivity contribution < 1.29 is 8.42 Å². The van der Waals surface area contributed by atoms with Gasteiger partial charge in [-0.2, -0.15) is 0 Å². The number of nitrogens with one attached hydrogen (secondary N) is 1. The SMILES string of the molecule is Cc1cnc(NS(=O)(=O)c2cc(Br)cnc2Cl)s1. The number of aromatic nitrogens is 2. The van der Waals surface area contributed by atoms with E-state index >= 15 is 0 Å². The van der Waals surface area contributed by atoms with Gasteiger partial charge >= 0.3 is 0 Å². The lowest BCUT2D eigenvalue weighted by Gasteiger charge is -2.06.